The van der Waals surface area contributed by atoms with E-state index in [9.17, 15) is 4.79 Å². The molecule has 0 radical (unpaired) electrons. The summed E-state index contributed by atoms with van der Waals surface area (Å²) in [5.41, 5.74) is 9.20. The Morgan fingerprint density at radius 3 is 2.32 bits per heavy atom. The van der Waals surface area contributed by atoms with Crippen LogP contribution < -0.4 is 16.2 Å². The number of benzene rings is 2. The summed E-state index contributed by atoms with van der Waals surface area (Å²) in [5.74, 6) is -0.157. The van der Waals surface area contributed by atoms with Crippen LogP contribution in [0, 0.1) is 0 Å². The number of anilines is 1. The van der Waals surface area contributed by atoms with Crippen molar-refractivity contribution in [2.24, 2.45) is 0 Å². The Labute approximate surface area is 131 Å². The molecule has 2 rings (SSSR count). The average Bonchev–Trinajstić information content (AvgIpc) is 2.59. The predicted molar refractivity (Wildman–Crippen MR) is 90.2 cm³/mol. The summed E-state index contributed by atoms with van der Waals surface area (Å²) in [6.07, 6.45) is 1.89. The van der Waals surface area contributed by atoms with Gasteiger partial charge in [-0.05, 0) is 43.7 Å². The van der Waals surface area contributed by atoms with Crippen molar-refractivity contribution in [3.05, 3.63) is 77.5 Å². The molecule has 0 aliphatic heterocycles. The van der Waals surface area contributed by atoms with Crippen LogP contribution in [0.2, 0.25) is 0 Å². The van der Waals surface area contributed by atoms with Crippen molar-refractivity contribution in [2.45, 2.75) is 20.4 Å². The molecule has 4 heteroatoms. The first-order valence-corrected chi connectivity index (χ1v) is 7.26. The van der Waals surface area contributed by atoms with Gasteiger partial charge in [-0.25, -0.2) is 0 Å². The van der Waals surface area contributed by atoms with Crippen LogP contribution in [0.5, 0.6) is 0 Å². The first-order chi connectivity index (χ1) is 10.7. The second-order valence-electron chi connectivity index (χ2n) is 4.97. The van der Waals surface area contributed by atoms with Crippen LogP contribution in [-0.2, 0) is 6.54 Å². The maximum Gasteiger partial charge on any atom is 0.269 e. The van der Waals surface area contributed by atoms with E-state index in [0.29, 0.717) is 5.56 Å². The summed E-state index contributed by atoms with van der Waals surface area (Å²) in [6.45, 7) is 4.55. The van der Waals surface area contributed by atoms with Crippen LogP contribution in [0.15, 0.2) is 66.4 Å². The highest BCUT2D eigenvalue weighted by Crippen LogP contribution is 2.11. The zero-order valence-electron chi connectivity index (χ0n) is 12.9. The molecule has 4 nitrogen and oxygen atoms in total. The average molecular weight is 295 g/mol. The van der Waals surface area contributed by atoms with Gasteiger partial charge in [-0.15, -0.1) is 0 Å². The molecule has 0 bridgehead atoms. The molecule has 0 heterocycles. The van der Waals surface area contributed by atoms with Crippen LogP contribution in [0.1, 0.15) is 29.8 Å². The van der Waals surface area contributed by atoms with Crippen molar-refractivity contribution in [3.8, 4) is 0 Å². The summed E-state index contributed by atoms with van der Waals surface area (Å²) in [5, 5.41) is 3.33. The number of rotatable bonds is 6. The lowest BCUT2D eigenvalue weighted by Crippen LogP contribution is -2.35. The molecule has 1 amide bonds. The summed E-state index contributed by atoms with van der Waals surface area (Å²) >= 11 is 0. The van der Waals surface area contributed by atoms with Crippen molar-refractivity contribution in [2.75, 3.05) is 5.32 Å². The molecule has 22 heavy (non-hydrogen) atoms. The Balaban J connectivity index is 1.88. The maximum absolute atomic E-state index is 11.9. The van der Waals surface area contributed by atoms with Gasteiger partial charge in [0.2, 0.25) is 0 Å². The van der Waals surface area contributed by atoms with Crippen molar-refractivity contribution in [3.63, 3.8) is 0 Å². The molecule has 3 N–H and O–H groups in total. The molecule has 0 saturated carbocycles. The third kappa shape index (κ3) is 4.66. The van der Waals surface area contributed by atoms with Gasteiger partial charge in [0.25, 0.3) is 5.91 Å². The normalized spacial score (nSPS) is 10.9. The highest BCUT2D eigenvalue weighted by atomic mass is 16.2. The summed E-state index contributed by atoms with van der Waals surface area (Å²) < 4.78 is 0. The van der Waals surface area contributed by atoms with Gasteiger partial charge in [0, 0.05) is 23.5 Å². The topological polar surface area (TPSA) is 53.2 Å². The second kappa shape index (κ2) is 7.88. The van der Waals surface area contributed by atoms with E-state index in [1.807, 2.05) is 50.3 Å². The lowest BCUT2D eigenvalue weighted by atomic mass is 10.2. The van der Waals surface area contributed by atoms with Gasteiger partial charge < -0.3 is 10.7 Å². The molecular formula is C18H21N3O. The molecule has 0 aromatic heterocycles. The van der Waals surface area contributed by atoms with Crippen LogP contribution in [0.3, 0.4) is 0 Å². The number of nitrogens with one attached hydrogen (secondary N) is 3. The van der Waals surface area contributed by atoms with Crippen LogP contribution in [0.25, 0.3) is 0 Å². The number of hydrazine groups is 1. The first-order valence-electron chi connectivity index (χ1n) is 7.26. The van der Waals surface area contributed by atoms with E-state index in [-0.39, 0.29) is 5.91 Å². The van der Waals surface area contributed by atoms with E-state index < -0.39 is 0 Å². The van der Waals surface area contributed by atoms with E-state index >= 15 is 0 Å². The molecule has 0 fully saturated rings. The monoisotopic (exact) mass is 295 g/mol. The highest BCUT2D eigenvalue weighted by molar-refractivity contribution is 5.94. The summed E-state index contributed by atoms with van der Waals surface area (Å²) in [7, 11) is 0. The third-order valence-electron chi connectivity index (χ3n) is 3.29. The van der Waals surface area contributed by atoms with E-state index in [1.165, 1.54) is 5.56 Å². The van der Waals surface area contributed by atoms with Crippen molar-refractivity contribution in [1.82, 2.24) is 10.9 Å². The van der Waals surface area contributed by atoms with E-state index in [2.05, 4.69) is 28.3 Å². The molecular weight excluding hydrogens is 274 g/mol. The quantitative estimate of drug-likeness (QED) is 0.715. The smallest absolute Gasteiger partial charge is 0.269 e. The van der Waals surface area contributed by atoms with Crippen molar-refractivity contribution >= 4 is 11.6 Å². The lowest BCUT2D eigenvalue weighted by molar-refractivity contribution is 0.0939. The van der Waals surface area contributed by atoms with Gasteiger partial charge in [0.05, 0.1) is 0 Å². The molecule has 0 atom stereocenters. The Kier molecular flexibility index (Phi) is 5.60. The van der Waals surface area contributed by atoms with Crippen molar-refractivity contribution in [1.29, 1.82) is 0 Å². The van der Waals surface area contributed by atoms with Gasteiger partial charge >= 0.3 is 0 Å². The summed E-state index contributed by atoms with van der Waals surface area (Å²) in [4.78, 5) is 11.9. The number of carbonyl (C=O) groups is 1. The fourth-order valence-electron chi connectivity index (χ4n) is 1.84. The minimum absolute atomic E-state index is 0.157. The highest BCUT2D eigenvalue weighted by Gasteiger charge is 2.04. The molecule has 2 aromatic rings. The first kappa shape index (κ1) is 15.6. The lowest BCUT2D eigenvalue weighted by Gasteiger charge is -2.10. The number of hydrogen-bond donors (Lipinski definition) is 3. The SMILES string of the molecule is CC=C(C)NNC(=O)c1ccc(NCc2ccccc2)cc1. The van der Waals surface area contributed by atoms with E-state index in [4.69, 9.17) is 0 Å². The molecule has 0 saturated heterocycles. The number of allylic oxidation sites excluding steroid dienone is 2. The Hall–Kier alpha value is -2.75. The van der Waals surface area contributed by atoms with Gasteiger partial charge in [-0.3, -0.25) is 10.2 Å². The third-order valence-corrected chi connectivity index (χ3v) is 3.29. The van der Waals surface area contributed by atoms with Crippen LogP contribution in [0.4, 0.5) is 5.69 Å². The predicted octanol–water partition coefficient (Wildman–Crippen LogP) is 3.46. The van der Waals surface area contributed by atoms with Gasteiger partial charge in [-0.1, -0.05) is 36.4 Å². The molecule has 114 valence electrons. The molecule has 0 aliphatic carbocycles. The number of amides is 1. The number of carbonyl (C=O) groups excluding carboxylic acids is 1. The van der Waals surface area contributed by atoms with Gasteiger partial charge in [0.15, 0.2) is 0 Å². The standard InChI is InChI=1S/C18H21N3O/c1-3-14(2)20-21-18(22)16-9-11-17(12-10-16)19-13-15-7-5-4-6-8-15/h3-12,19-20H,13H2,1-2H3,(H,21,22). The van der Waals surface area contributed by atoms with Gasteiger partial charge in [0.1, 0.15) is 0 Å². The Bertz CT molecular complexity index is 633. The molecule has 0 unspecified atom stereocenters. The fourth-order valence-corrected chi connectivity index (χ4v) is 1.84. The van der Waals surface area contributed by atoms with Crippen LogP contribution >= 0.6 is 0 Å². The number of hydrogen-bond acceptors (Lipinski definition) is 3. The fraction of sp³-hybridized carbons (Fsp3) is 0.167. The molecule has 0 aliphatic rings. The zero-order chi connectivity index (χ0) is 15.8. The van der Waals surface area contributed by atoms with E-state index in [0.717, 1.165) is 17.9 Å². The van der Waals surface area contributed by atoms with Crippen molar-refractivity contribution < 1.29 is 4.79 Å². The Morgan fingerprint density at radius 1 is 1.00 bits per heavy atom. The molecule has 0 spiro atoms. The second-order valence-corrected chi connectivity index (χ2v) is 4.97. The Morgan fingerprint density at radius 2 is 1.68 bits per heavy atom. The zero-order valence-corrected chi connectivity index (χ0v) is 12.9. The summed E-state index contributed by atoms with van der Waals surface area (Å²) in [6, 6.07) is 17.6. The molecule has 2 aromatic carbocycles. The maximum atomic E-state index is 11.9. The van der Waals surface area contributed by atoms with E-state index in [1.54, 1.807) is 12.1 Å². The largest absolute Gasteiger partial charge is 0.381 e. The minimum atomic E-state index is -0.157. The minimum Gasteiger partial charge on any atom is -0.381 e. The van der Waals surface area contributed by atoms with Crippen LogP contribution in [-0.4, -0.2) is 5.91 Å². The van der Waals surface area contributed by atoms with Gasteiger partial charge in [-0.2, -0.15) is 0 Å².